The molecular weight excluding hydrogens is 619 g/mol. The number of hydrogen-bond donors (Lipinski definition) is 0. The number of halogens is 2. The molecule has 6 rings (SSSR count). The van der Waals surface area contributed by atoms with E-state index in [0.29, 0.717) is 11.8 Å². The number of benzene rings is 2. The van der Waals surface area contributed by atoms with Gasteiger partial charge in [0.15, 0.2) is 0 Å². The van der Waals surface area contributed by atoms with E-state index in [1.54, 1.807) is 22.3 Å². The van der Waals surface area contributed by atoms with E-state index in [1.165, 1.54) is 73.6 Å². The molecule has 2 atom stereocenters. The number of rotatable bonds is 12. The Bertz CT molecular complexity index is 1310. The molecule has 0 nitrogen and oxygen atoms in total. The van der Waals surface area contributed by atoms with E-state index >= 15 is 0 Å². The molecule has 0 bridgehead atoms. The van der Waals surface area contributed by atoms with Crippen LogP contribution in [0.5, 0.6) is 0 Å². The van der Waals surface area contributed by atoms with Gasteiger partial charge >= 0.3 is 249 Å². The van der Waals surface area contributed by atoms with E-state index in [4.69, 9.17) is 0 Å². The maximum atomic E-state index is 2.52. The third kappa shape index (κ3) is 7.12. The summed E-state index contributed by atoms with van der Waals surface area (Å²) in [6.07, 6.45) is 27.2. The Morgan fingerprint density at radius 2 is 1.05 bits per heavy atom. The standard InChI is InChI=1S/2C19H21.2ClH.Zr/c2*1-2-15(16-7-3-4-8-16)11-12-18-14-13-17-9-5-6-10-19(17)18;;;/h2*3,5-7,9-10,14-15H,2,4,11-13H2,1H3;2*1H;/q;;;;+2/p-2. The molecule has 2 unspecified atom stereocenters. The molecule has 212 valence electrons. The largest absolute Gasteiger partial charge is 1.00 e. The molecule has 4 aliphatic carbocycles. The molecule has 0 aromatic heterocycles. The Hall–Kier alpha value is -1.66. The van der Waals surface area contributed by atoms with E-state index in [2.05, 4.69) is 98.8 Å². The van der Waals surface area contributed by atoms with Gasteiger partial charge < -0.3 is 24.8 Å². The van der Waals surface area contributed by atoms with Gasteiger partial charge in [0.25, 0.3) is 0 Å². The van der Waals surface area contributed by atoms with Crippen LogP contribution in [0.3, 0.4) is 0 Å². The van der Waals surface area contributed by atoms with Gasteiger partial charge in [-0.2, -0.15) is 0 Å². The molecule has 0 amide bonds. The Morgan fingerprint density at radius 3 is 1.49 bits per heavy atom. The molecular formula is C38H42Cl2Zr. The van der Waals surface area contributed by atoms with Crippen LogP contribution in [0, 0.1) is 11.8 Å². The molecule has 2 aromatic rings. The van der Waals surface area contributed by atoms with Gasteiger partial charge in [0.2, 0.25) is 0 Å². The van der Waals surface area contributed by atoms with Crippen molar-refractivity contribution in [3.63, 3.8) is 0 Å². The predicted octanol–water partition coefficient (Wildman–Crippen LogP) is 4.40. The van der Waals surface area contributed by atoms with Gasteiger partial charge in [-0.1, -0.05) is 0 Å². The van der Waals surface area contributed by atoms with Crippen LogP contribution in [-0.2, 0) is 36.1 Å². The molecule has 0 saturated heterocycles. The molecule has 0 heterocycles. The Balaban J connectivity index is 0.00000194. The Labute approximate surface area is 272 Å². The van der Waals surface area contributed by atoms with Crippen molar-refractivity contribution in [3.8, 4) is 0 Å². The van der Waals surface area contributed by atoms with Crippen molar-refractivity contribution in [2.24, 2.45) is 11.8 Å². The molecule has 41 heavy (non-hydrogen) atoms. The van der Waals surface area contributed by atoms with Gasteiger partial charge in [-0.3, -0.25) is 0 Å². The van der Waals surface area contributed by atoms with Crippen molar-refractivity contribution >= 4 is 11.1 Å². The van der Waals surface area contributed by atoms with Crippen LogP contribution in [0.25, 0.3) is 11.1 Å². The van der Waals surface area contributed by atoms with E-state index in [9.17, 15) is 0 Å². The van der Waals surface area contributed by atoms with Crippen LogP contribution < -0.4 is 24.8 Å². The summed E-state index contributed by atoms with van der Waals surface area (Å²) in [4.78, 5) is 0. The fraction of sp³-hybridized carbons (Fsp3) is 0.368. The van der Waals surface area contributed by atoms with Crippen LogP contribution in [0.1, 0.15) is 87.5 Å². The van der Waals surface area contributed by atoms with Gasteiger partial charge in [-0.05, 0) is 0 Å². The Kier molecular flexibility index (Phi) is 11.9. The fourth-order valence-corrected chi connectivity index (χ4v) is 11.3. The van der Waals surface area contributed by atoms with Gasteiger partial charge in [0.1, 0.15) is 0 Å². The normalized spacial score (nSPS) is 17.9. The zero-order valence-corrected chi connectivity index (χ0v) is 28.5. The number of fused-ring (bicyclic) bond motifs is 2. The van der Waals surface area contributed by atoms with Gasteiger partial charge in [-0.15, -0.1) is 0 Å². The average Bonchev–Trinajstić information content (AvgIpc) is 3.78. The van der Waals surface area contributed by atoms with Gasteiger partial charge in [0.05, 0.1) is 0 Å². The van der Waals surface area contributed by atoms with E-state index in [-0.39, 0.29) is 24.8 Å². The second-order valence-electron chi connectivity index (χ2n) is 11.7. The van der Waals surface area contributed by atoms with Crippen molar-refractivity contribution in [1.29, 1.82) is 0 Å². The molecule has 0 fully saturated rings. The third-order valence-corrected chi connectivity index (χ3v) is 13.4. The maximum Gasteiger partial charge on any atom is -1.00 e. The van der Waals surface area contributed by atoms with Crippen molar-refractivity contribution in [1.82, 2.24) is 0 Å². The van der Waals surface area contributed by atoms with Crippen molar-refractivity contribution in [2.45, 2.75) is 78.1 Å². The van der Waals surface area contributed by atoms with Crippen molar-refractivity contribution < 1.29 is 48.0 Å². The minimum absolute atomic E-state index is 0. The molecule has 0 saturated carbocycles. The first-order chi connectivity index (χ1) is 19.2. The quantitative estimate of drug-likeness (QED) is 0.317. The monoisotopic (exact) mass is 658 g/mol. The average molecular weight is 661 g/mol. The van der Waals surface area contributed by atoms with Crippen molar-refractivity contribution in [2.75, 3.05) is 0 Å². The zero-order valence-electron chi connectivity index (χ0n) is 24.6. The number of hydrogen-bond acceptors (Lipinski definition) is 0. The van der Waals surface area contributed by atoms with Crippen LogP contribution in [0.2, 0.25) is 0 Å². The zero-order chi connectivity index (χ0) is 26.6. The van der Waals surface area contributed by atoms with Crippen LogP contribution >= 0.6 is 0 Å². The third-order valence-electron chi connectivity index (χ3n) is 9.49. The predicted molar refractivity (Wildman–Crippen MR) is 164 cm³/mol. The van der Waals surface area contributed by atoms with E-state index in [1.807, 2.05) is 6.56 Å². The molecule has 4 aliphatic rings. The maximum absolute atomic E-state index is 2.52. The second-order valence-corrected chi connectivity index (χ2v) is 15.3. The fourth-order valence-electron chi connectivity index (χ4n) is 7.24. The summed E-state index contributed by atoms with van der Waals surface area (Å²) >= 11 is -0.745. The van der Waals surface area contributed by atoms with E-state index < -0.39 is 23.2 Å². The van der Waals surface area contributed by atoms with E-state index in [0.717, 1.165) is 12.8 Å². The summed E-state index contributed by atoms with van der Waals surface area (Å²) in [7, 11) is 0. The second kappa shape index (κ2) is 15.2. The summed E-state index contributed by atoms with van der Waals surface area (Å²) < 4.78 is 3.73. The topological polar surface area (TPSA) is 0 Å². The minimum atomic E-state index is -0.745. The molecule has 2 aromatic carbocycles. The van der Waals surface area contributed by atoms with Crippen LogP contribution in [0.15, 0.2) is 103 Å². The molecule has 0 aliphatic heterocycles. The number of allylic oxidation sites excluding steroid dienone is 12. The summed E-state index contributed by atoms with van der Waals surface area (Å²) in [5.41, 5.74) is 12.7. The molecule has 0 N–H and O–H groups in total. The summed E-state index contributed by atoms with van der Waals surface area (Å²) in [5.74, 6) is 1.42. The van der Waals surface area contributed by atoms with Crippen LogP contribution in [-0.4, -0.2) is 0 Å². The van der Waals surface area contributed by atoms with Crippen molar-refractivity contribution in [3.05, 3.63) is 125 Å². The minimum Gasteiger partial charge on any atom is -1.00 e. The molecule has 0 spiro atoms. The smallest absolute Gasteiger partial charge is 1.00 e. The molecule has 3 heteroatoms. The van der Waals surface area contributed by atoms with Gasteiger partial charge in [0, 0.05) is 0 Å². The first-order valence-electron chi connectivity index (χ1n) is 15.4. The first-order valence-corrected chi connectivity index (χ1v) is 17.8. The summed E-state index contributed by atoms with van der Waals surface area (Å²) in [6, 6.07) is 18.0. The SMILES string of the molecule is CCC(CCC1=CCc2ccccc21)C1=[C]([Zr+2][C]2=C(C(CC)CCC3=CCc4ccccc43)C=CC2)CC=C1.[Cl-].[Cl-]. The summed E-state index contributed by atoms with van der Waals surface area (Å²) in [6.45, 7) is 4.82. The first kappa shape index (κ1) is 32.3. The summed E-state index contributed by atoms with van der Waals surface area (Å²) in [5, 5.41) is 0. The van der Waals surface area contributed by atoms with Crippen LogP contribution in [0.4, 0.5) is 0 Å². The Morgan fingerprint density at radius 1 is 0.610 bits per heavy atom. The molecule has 0 radical (unpaired) electrons. The van der Waals surface area contributed by atoms with Gasteiger partial charge in [-0.25, -0.2) is 0 Å².